The van der Waals surface area contributed by atoms with E-state index >= 15 is 0 Å². The highest BCUT2D eigenvalue weighted by Crippen LogP contribution is 2.21. The van der Waals surface area contributed by atoms with Crippen molar-refractivity contribution in [3.05, 3.63) is 22.4 Å². The molecule has 0 bridgehead atoms. The van der Waals surface area contributed by atoms with Gasteiger partial charge in [0, 0.05) is 4.88 Å². The molecular weight excluding hydrogens is 276 g/mol. The van der Waals surface area contributed by atoms with Crippen molar-refractivity contribution in [1.29, 1.82) is 0 Å². The number of amides is 2. The lowest BCUT2D eigenvalue weighted by atomic mass is 10.1. The first-order valence-electron chi connectivity index (χ1n) is 6.91. The fourth-order valence-corrected chi connectivity index (χ4v) is 2.75. The summed E-state index contributed by atoms with van der Waals surface area (Å²) < 4.78 is 0. The zero-order valence-electron chi connectivity index (χ0n) is 11.9. The summed E-state index contributed by atoms with van der Waals surface area (Å²) in [6, 6.07) is 2.58. The van der Waals surface area contributed by atoms with E-state index in [1.54, 1.807) is 11.3 Å². The van der Waals surface area contributed by atoms with E-state index in [0.29, 0.717) is 6.42 Å². The van der Waals surface area contributed by atoms with Gasteiger partial charge in [0.05, 0.1) is 6.04 Å². The molecule has 0 aliphatic rings. The van der Waals surface area contributed by atoms with E-state index in [2.05, 4.69) is 10.6 Å². The highest BCUT2D eigenvalue weighted by molar-refractivity contribution is 7.10. The number of unbranched alkanes of at least 4 members (excludes halogenated alkanes) is 1. The number of carboxylic acids is 1. The second-order valence-electron chi connectivity index (χ2n) is 4.63. The maximum Gasteiger partial charge on any atom is 0.326 e. The molecule has 5 nitrogen and oxygen atoms in total. The molecule has 1 rings (SSSR count). The number of carbonyl (C=O) groups excluding carboxylic acids is 1. The normalized spacial score (nSPS) is 13.5. The van der Waals surface area contributed by atoms with Crippen LogP contribution in [0.25, 0.3) is 0 Å². The summed E-state index contributed by atoms with van der Waals surface area (Å²) >= 11 is 1.58. The van der Waals surface area contributed by atoms with Crippen molar-refractivity contribution in [3.63, 3.8) is 0 Å². The SMILES string of the molecule is CCCC[C@H](NC(=O)NC(CC)c1cccs1)C(=O)O. The van der Waals surface area contributed by atoms with Gasteiger partial charge >= 0.3 is 12.0 Å². The van der Waals surface area contributed by atoms with Crippen molar-refractivity contribution in [2.75, 3.05) is 0 Å². The fourth-order valence-electron chi connectivity index (χ4n) is 1.89. The molecule has 0 fully saturated rings. The van der Waals surface area contributed by atoms with Crippen LogP contribution in [-0.4, -0.2) is 23.1 Å². The molecule has 0 aliphatic heterocycles. The minimum Gasteiger partial charge on any atom is -0.480 e. The van der Waals surface area contributed by atoms with Crippen molar-refractivity contribution >= 4 is 23.3 Å². The smallest absolute Gasteiger partial charge is 0.326 e. The second kappa shape index (κ2) is 8.58. The Bertz CT molecular complexity index is 420. The summed E-state index contributed by atoms with van der Waals surface area (Å²) in [5, 5.41) is 16.4. The molecule has 1 aromatic rings. The fraction of sp³-hybridized carbons (Fsp3) is 0.571. The average molecular weight is 298 g/mol. The first kappa shape index (κ1) is 16.5. The summed E-state index contributed by atoms with van der Waals surface area (Å²) in [5.41, 5.74) is 0. The zero-order chi connectivity index (χ0) is 15.0. The minimum absolute atomic E-state index is 0.0735. The van der Waals surface area contributed by atoms with Crippen LogP contribution in [0.4, 0.5) is 4.79 Å². The summed E-state index contributed by atoms with van der Waals surface area (Å²) in [7, 11) is 0. The van der Waals surface area contributed by atoms with Gasteiger partial charge < -0.3 is 15.7 Å². The summed E-state index contributed by atoms with van der Waals surface area (Å²) in [6.07, 6.45) is 2.90. The lowest BCUT2D eigenvalue weighted by Gasteiger charge is -2.19. The molecule has 20 heavy (non-hydrogen) atoms. The molecule has 0 spiro atoms. The molecule has 0 saturated carbocycles. The highest BCUT2D eigenvalue weighted by atomic mass is 32.1. The number of thiophene rings is 1. The number of carbonyl (C=O) groups is 2. The van der Waals surface area contributed by atoms with Crippen LogP contribution in [0.5, 0.6) is 0 Å². The van der Waals surface area contributed by atoms with Gasteiger partial charge in [-0.05, 0) is 24.3 Å². The standard InChI is InChI=1S/C14H22N2O3S/c1-3-5-7-11(13(17)18)16-14(19)15-10(4-2)12-8-6-9-20-12/h6,8-11H,3-5,7H2,1-2H3,(H,17,18)(H2,15,16,19)/t10?,11-/m0/s1. The molecule has 112 valence electrons. The topological polar surface area (TPSA) is 78.4 Å². The number of carboxylic acid groups (broad SMARTS) is 1. The summed E-state index contributed by atoms with van der Waals surface area (Å²) in [4.78, 5) is 24.1. The number of urea groups is 1. The van der Waals surface area contributed by atoms with E-state index in [9.17, 15) is 9.59 Å². The monoisotopic (exact) mass is 298 g/mol. The maximum absolute atomic E-state index is 11.9. The van der Waals surface area contributed by atoms with Crippen LogP contribution in [0.15, 0.2) is 17.5 Å². The molecule has 2 atom stereocenters. The van der Waals surface area contributed by atoms with E-state index in [0.717, 1.165) is 24.1 Å². The van der Waals surface area contributed by atoms with Gasteiger partial charge in [0.1, 0.15) is 6.04 Å². The van der Waals surface area contributed by atoms with E-state index in [1.807, 2.05) is 31.4 Å². The largest absolute Gasteiger partial charge is 0.480 e. The quantitative estimate of drug-likeness (QED) is 0.690. The Hall–Kier alpha value is -1.56. The Morgan fingerprint density at radius 2 is 2.10 bits per heavy atom. The molecule has 0 radical (unpaired) electrons. The Kier molecular flexibility index (Phi) is 7.08. The molecule has 0 aliphatic carbocycles. The number of hydrogen-bond donors (Lipinski definition) is 3. The molecule has 1 aromatic heterocycles. The zero-order valence-corrected chi connectivity index (χ0v) is 12.7. The predicted molar refractivity (Wildman–Crippen MR) is 80.0 cm³/mol. The van der Waals surface area contributed by atoms with Gasteiger partial charge in [0.15, 0.2) is 0 Å². The van der Waals surface area contributed by atoms with Crippen LogP contribution >= 0.6 is 11.3 Å². The molecule has 0 saturated heterocycles. The van der Waals surface area contributed by atoms with Crippen LogP contribution < -0.4 is 10.6 Å². The van der Waals surface area contributed by atoms with Crippen molar-refractivity contribution in [2.45, 2.75) is 51.6 Å². The number of aliphatic carboxylic acids is 1. The first-order valence-corrected chi connectivity index (χ1v) is 7.79. The molecule has 0 aromatic carbocycles. The Balaban J connectivity index is 2.53. The number of rotatable bonds is 8. The van der Waals surface area contributed by atoms with Crippen molar-refractivity contribution in [1.82, 2.24) is 10.6 Å². The third-order valence-electron chi connectivity index (χ3n) is 3.05. The first-order chi connectivity index (χ1) is 9.58. The second-order valence-corrected chi connectivity index (χ2v) is 5.61. The van der Waals surface area contributed by atoms with Gasteiger partial charge in [-0.2, -0.15) is 0 Å². The van der Waals surface area contributed by atoms with E-state index < -0.39 is 18.0 Å². The Labute approximate surface area is 123 Å². The van der Waals surface area contributed by atoms with Gasteiger partial charge in [0.25, 0.3) is 0 Å². The van der Waals surface area contributed by atoms with E-state index in [-0.39, 0.29) is 6.04 Å². The van der Waals surface area contributed by atoms with Crippen LogP contribution in [0.3, 0.4) is 0 Å². The van der Waals surface area contributed by atoms with Crippen LogP contribution in [0, 0.1) is 0 Å². The van der Waals surface area contributed by atoms with Crippen molar-refractivity contribution < 1.29 is 14.7 Å². The molecule has 6 heteroatoms. The summed E-state index contributed by atoms with van der Waals surface area (Å²) in [5.74, 6) is -0.988. The highest BCUT2D eigenvalue weighted by Gasteiger charge is 2.21. The Morgan fingerprint density at radius 3 is 2.60 bits per heavy atom. The minimum atomic E-state index is -0.988. The van der Waals surface area contributed by atoms with Crippen LogP contribution in [0.1, 0.15) is 50.4 Å². The van der Waals surface area contributed by atoms with Crippen molar-refractivity contribution in [2.24, 2.45) is 0 Å². The lowest BCUT2D eigenvalue weighted by Crippen LogP contribution is -2.46. The predicted octanol–water partition coefficient (Wildman–Crippen LogP) is 3.14. The third kappa shape index (κ3) is 5.21. The van der Waals surface area contributed by atoms with Gasteiger partial charge in [-0.3, -0.25) is 0 Å². The number of hydrogen-bond acceptors (Lipinski definition) is 3. The average Bonchev–Trinajstić information content (AvgIpc) is 2.94. The molecule has 1 heterocycles. The van der Waals surface area contributed by atoms with Gasteiger partial charge in [-0.25, -0.2) is 9.59 Å². The van der Waals surface area contributed by atoms with Gasteiger partial charge in [0.2, 0.25) is 0 Å². The van der Waals surface area contributed by atoms with Gasteiger partial charge in [-0.1, -0.05) is 32.8 Å². The summed E-state index contributed by atoms with van der Waals surface area (Å²) in [6.45, 7) is 3.97. The van der Waals surface area contributed by atoms with Crippen molar-refractivity contribution in [3.8, 4) is 0 Å². The van der Waals surface area contributed by atoms with Crippen LogP contribution in [-0.2, 0) is 4.79 Å². The Morgan fingerprint density at radius 1 is 1.35 bits per heavy atom. The lowest BCUT2D eigenvalue weighted by molar-refractivity contribution is -0.139. The van der Waals surface area contributed by atoms with Crippen LogP contribution in [0.2, 0.25) is 0 Å². The molecular formula is C14H22N2O3S. The molecule has 2 amide bonds. The third-order valence-corrected chi connectivity index (χ3v) is 4.04. The molecule has 3 N–H and O–H groups in total. The molecule has 1 unspecified atom stereocenters. The van der Waals surface area contributed by atoms with Gasteiger partial charge in [-0.15, -0.1) is 11.3 Å². The van der Waals surface area contributed by atoms with E-state index in [1.165, 1.54) is 0 Å². The van der Waals surface area contributed by atoms with E-state index in [4.69, 9.17) is 5.11 Å². The maximum atomic E-state index is 11.9. The number of nitrogens with one attached hydrogen (secondary N) is 2.